The van der Waals surface area contributed by atoms with E-state index >= 15 is 0 Å². The average Bonchev–Trinajstić information content (AvgIpc) is 3.11. The van der Waals surface area contributed by atoms with Gasteiger partial charge in [0.05, 0.1) is 29.5 Å². The molecule has 0 unspecified atom stereocenters. The van der Waals surface area contributed by atoms with Gasteiger partial charge >= 0.3 is 0 Å². The van der Waals surface area contributed by atoms with E-state index in [1.807, 2.05) is 11.3 Å². The van der Waals surface area contributed by atoms with Gasteiger partial charge in [0, 0.05) is 30.5 Å². The third-order valence-electron chi connectivity index (χ3n) is 4.36. The van der Waals surface area contributed by atoms with Crippen LogP contribution in [0.5, 0.6) is 0 Å². The third kappa shape index (κ3) is 2.91. The number of hydrogen-bond acceptors (Lipinski definition) is 5. The molecule has 0 radical (unpaired) electrons. The van der Waals surface area contributed by atoms with Crippen LogP contribution in [0.2, 0.25) is 0 Å². The molecule has 2 aliphatic rings. The molecule has 2 aliphatic heterocycles. The van der Waals surface area contributed by atoms with Crippen LogP contribution >= 0.6 is 11.3 Å². The van der Waals surface area contributed by atoms with Crippen molar-refractivity contribution in [3.05, 3.63) is 15.6 Å². The predicted molar refractivity (Wildman–Crippen MR) is 80.3 cm³/mol. The summed E-state index contributed by atoms with van der Waals surface area (Å²) < 4.78 is 11.0. The second kappa shape index (κ2) is 6.10. The Balaban J connectivity index is 1.61. The zero-order chi connectivity index (χ0) is 14.1. The Morgan fingerprint density at radius 3 is 3.00 bits per heavy atom. The van der Waals surface area contributed by atoms with Gasteiger partial charge in [0.2, 0.25) is 0 Å². The number of rotatable bonds is 6. The summed E-state index contributed by atoms with van der Waals surface area (Å²) >= 11 is 1.82. The summed E-state index contributed by atoms with van der Waals surface area (Å²) in [6, 6.07) is 0.879. The zero-order valence-corrected chi connectivity index (χ0v) is 13.3. The van der Waals surface area contributed by atoms with Crippen LogP contribution in [0.25, 0.3) is 0 Å². The molecule has 2 fully saturated rings. The second-order valence-electron chi connectivity index (χ2n) is 5.90. The molecule has 2 bridgehead atoms. The van der Waals surface area contributed by atoms with Gasteiger partial charge in [-0.15, -0.1) is 11.3 Å². The number of fused-ring (bicyclic) bond motifs is 2. The number of nitrogens with zero attached hydrogens (tertiary/aromatic N) is 1. The lowest BCUT2D eigenvalue weighted by Gasteiger charge is -2.24. The lowest BCUT2D eigenvalue weighted by atomic mass is 9.95. The van der Waals surface area contributed by atoms with E-state index in [1.54, 1.807) is 7.11 Å². The van der Waals surface area contributed by atoms with Crippen LogP contribution < -0.4 is 5.32 Å². The highest BCUT2D eigenvalue weighted by Crippen LogP contribution is 2.36. The number of thiazole rings is 1. The van der Waals surface area contributed by atoms with Crippen molar-refractivity contribution in [2.75, 3.05) is 13.7 Å². The number of aromatic nitrogens is 1. The van der Waals surface area contributed by atoms with Gasteiger partial charge in [0.1, 0.15) is 0 Å². The molecule has 3 rings (SSSR count). The summed E-state index contributed by atoms with van der Waals surface area (Å²) in [6.45, 7) is 5.10. The molecule has 2 saturated heterocycles. The molecule has 0 aromatic carbocycles. The monoisotopic (exact) mass is 296 g/mol. The topological polar surface area (TPSA) is 43.4 Å². The molecule has 20 heavy (non-hydrogen) atoms. The Morgan fingerprint density at radius 1 is 1.50 bits per heavy atom. The van der Waals surface area contributed by atoms with Crippen LogP contribution in [0.4, 0.5) is 0 Å². The summed E-state index contributed by atoms with van der Waals surface area (Å²) in [5.41, 5.74) is 1.16. The van der Waals surface area contributed by atoms with Crippen molar-refractivity contribution in [2.24, 2.45) is 0 Å². The molecule has 112 valence electrons. The highest BCUT2D eigenvalue weighted by molar-refractivity contribution is 7.11. The average molecular weight is 296 g/mol. The van der Waals surface area contributed by atoms with Crippen molar-refractivity contribution < 1.29 is 9.47 Å². The van der Waals surface area contributed by atoms with Gasteiger partial charge in [-0.25, -0.2) is 4.98 Å². The van der Waals surface area contributed by atoms with E-state index in [0.717, 1.165) is 18.7 Å². The Kier molecular flexibility index (Phi) is 4.40. The Morgan fingerprint density at radius 2 is 2.35 bits per heavy atom. The van der Waals surface area contributed by atoms with Crippen molar-refractivity contribution in [3.8, 4) is 0 Å². The van der Waals surface area contributed by atoms with Crippen LogP contribution in [-0.2, 0) is 15.9 Å². The van der Waals surface area contributed by atoms with Crippen molar-refractivity contribution in [1.82, 2.24) is 10.3 Å². The molecule has 0 spiro atoms. The first-order valence-corrected chi connectivity index (χ1v) is 8.35. The number of methoxy groups -OCH3 is 1. The minimum Gasteiger partial charge on any atom is -0.384 e. The highest BCUT2D eigenvalue weighted by Gasteiger charge is 2.41. The van der Waals surface area contributed by atoms with Crippen LogP contribution in [0.15, 0.2) is 0 Å². The fourth-order valence-corrected chi connectivity index (χ4v) is 4.43. The van der Waals surface area contributed by atoms with Gasteiger partial charge in [-0.05, 0) is 33.1 Å². The first kappa shape index (κ1) is 14.4. The maximum atomic E-state index is 5.92. The Bertz CT molecular complexity index is 463. The molecule has 1 aromatic rings. The largest absolute Gasteiger partial charge is 0.384 e. The van der Waals surface area contributed by atoms with Crippen molar-refractivity contribution in [1.29, 1.82) is 0 Å². The fourth-order valence-electron chi connectivity index (χ4n) is 3.37. The maximum Gasteiger partial charge on any atom is 0.0954 e. The van der Waals surface area contributed by atoms with E-state index in [9.17, 15) is 0 Å². The fraction of sp³-hybridized carbons (Fsp3) is 0.800. The van der Waals surface area contributed by atoms with Crippen molar-refractivity contribution in [2.45, 2.75) is 63.8 Å². The molecule has 0 aliphatic carbocycles. The molecule has 3 heterocycles. The van der Waals surface area contributed by atoms with Crippen LogP contribution in [0, 0.1) is 6.92 Å². The van der Waals surface area contributed by atoms with Gasteiger partial charge < -0.3 is 14.8 Å². The number of hydrogen-bond donors (Lipinski definition) is 1. The summed E-state index contributed by atoms with van der Waals surface area (Å²) in [5.74, 6) is 0. The first-order valence-electron chi connectivity index (χ1n) is 7.54. The second-order valence-corrected chi connectivity index (χ2v) is 7.02. The summed E-state index contributed by atoms with van der Waals surface area (Å²) in [7, 11) is 1.74. The van der Waals surface area contributed by atoms with Gasteiger partial charge in [-0.3, -0.25) is 0 Å². The molecular formula is C15H24N2O2S. The van der Waals surface area contributed by atoms with Crippen LogP contribution in [-0.4, -0.2) is 37.0 Å². The third-order valence-corrected chi connectivity index (χ3v) is 5.76. The van der Waals surface area contributed by atoms with Crippen molar-refractivity contribution >= 4 is 11.3 Å². The van der Waals surface area contributed by atoms with Gasteiger partial charge in [0.25, 0.3) is 0 Å². The lowest BCUT2D eigenvalue weighted by Crippen LogP contribution is -2.38. The van der Waals surface area contributed by atoms with Crippen molar-refractivity contribution in [3.63, 3.8) is 0 Å². The number of ether oxygens (including phenoxy) is 2. The van der Waals surface area contributed by atoms with E-state index < -0.39 is 0 Å². The maximum absolute atomic E-state index is 5.92. The first-order chi connectivity index (χ1) is 9.67. The van der Waals surface area contributed by atoms with Gasteiger partial charge in [0.15, 0.2) is 0 Å². The minimum atomic E-state index is 0.358. The summed E-state index contributed by atoms with van der Waals surface area (Å²) in [6.07, 6.45) is 5.48. The number of nitrogens with one attached hydrogen (secondary N) is 1. The molecule has 4 atom stereocenters. The summed E-state index contributed by atoms with van der Waals surface area (Å²) in [4.78, 5) is 6.02. The van der Waals surface area contributed by atoms with E-state index in [-0.39, 0.29) is 0 Å². The van der Waals surface area contributed by atoms with E-state index in [2.05, 4.69) is 24.1 Å². The van der Waals surface area contributed by atoms with Crippen LogP contribution in [0.1, 0.15) is 47.8 Å². The smallest absolute Gasteiger partial charge is 0.0954 e. The number of aryl methyl sites for hydroxylation is 1. The Labute approximate surface area is 124 Å². The Hall–Kier alpha value is -0.490. The predicted octanol–water partition coefficient (Wildman–Crippen LogP) is 2.61. The molecule has 4 nitrogen and oxygen atoms in total. The normalized spacial score (nSPS) is 30.1. The van der Waals surface area contributed by atoms with E-state index in [1.165, 1.54) is 29.1 Å². The van der Waals surface area contributed by atoms with E-state index in [4.69, 9.17) is 9.47 Å². The zero-order valence-electron chi connectivity index (χ0n) is 12.5. The molecule has 5 heteroatoms. The van der Waals surface area contributed by atoms with Crippen LogP contribution in [0.3, 0.4) is 0 Å². The van der Waals surface area contributed by atoms with Gasteiger partial charge in [-0.1, -0.05) is 0 Å². The van der Waals surface area contributed by atoms with Gasteiger partial charge in [-0.2, -0.15) is 0 Å². The minimum absolute atomic E-state index is 0.358. The summed E-state index contributed by atoms with van der Waals surface area (Å²) in [5, 5.41) is 4.93. The molecular weight excluding hydrogens is 272 g/mol. The lowest BCUT2D eigenvalue weighted by molar-refractivity contribution is 0.0963. The molecule has 0 saturated carbocycles. The quantitative estimate of drug-likeness (QED) is 0.876. The molecule has 1 aromatic heterocycles. The SMILES string of the molecule is COCCc1nc(C)c([C@@H](C)N[C@H]2C[C@H]3CC[C@H]2O3)s1. The van der Waals surface area contributed by atoms with E-state index in [0.29, 0.717) is 24.3 Å². The molecule has 0 amide bonds. The standard InChI is InChI=1S/C15H24N2O2S/c1-9(16-12-8-11-4-5-13(12)19-11)15-10(2)17-14(20-15)6-7-18-3/h9,11-13,16H,4-8H2,1-3H3/t9-,11-,12+,13-/m1/s1. The highest BCUT2D eigenvalue weighted by atomic mass is 32.1. The molecule has 1 N–H and O–H groups in total.